The minimum Gasteiger partial charge on any atom is -0.494 e. The van der Waals surface area contributed by atoms with Crippen molar-refractivity contribution in [3.05, 3.63) is 48.8 Å². The molecule has 0 saturated carbocycles. The van der Waals surface area contributed by atoms with Crippen LogP contribution in [0.5, 0.6) is 5.75 Å². The SMILES string of the molecule is COc1cccc(CC(N)c2cc(Br)c(Br)s2)c1F. The number of thiophene rings is 1. The van der Waals surface area contributed by atoms with Crippen molar-refractivity contribution < 1.29 is 9.13 Å². The fraction of sp³-hybridized carbons (Fsp3) is 0.231. The van der Waals surface area contributed by atoms with E-state index in [2.05, 4.69) is 31.9 Å². The normalized spacial score (nSPS) is 12.5. The van der Waals surface area contributed by atoms with Crippen LogP contribution in [0.4, 0.5) is 4.39 Å². The van der Waals surface area contributed by atoms with Crippen LogP contribution in [-0.4, -0.2) is 7.11 Å². The molecule has 0 radical (unpaired) electrons. The first-order valence-electron chi connectivity index (χ1n) is 5.54. The number of hydrogen-bond acceptors (Lipinski definition) is 3. The van der Waals surface area contributed by atoms with Gasteiger partial charge < -0.3 is 10.5 Å². The summed E-state index contributed by atoms with van der Waals surface area (Å²) >= 11 is 8.40. The molecule has 1 unspecified atom stereocenters. The van der Waals surface area contributed by atoms with Gasteiger partial charge in [0.15, 0.2) is 11.6 Å². The minimum atomic E-state index is -0.338. The maximum atomic E-state index is 14.0. The summed E-state index contributed by atoms with van der Waals surface area (Å²) in [5.41, 5.74) is 6.69. The Morgan fingerprint density at radius 3 is 2.74 bits per heavy atom. The number of ether oxygens (including phenoxy) is 1. The second-order valence-electron chi connectivity index (χ2n) is 4.01. The van der Waals surface area contributed by atoms with Gasteiger partial charge in [0.1, 0.15) is 0 Å². The van der Waals surface area contributed by atoms with Gasteiger partial charge in [-0.2, -0.15) is 0 Å². The van der Waals surface area contributed by atoms with Crippen LogP contribution in [0.3, 0.4) is 0 Å². The molecule has 102 valence electrons. The van der Waals surface area contributed by atoms with Crippen molar-refractivity contribution in [1.29, 1.82) is 0 Å². The zero-order valence-electron chi connectivity index (χ0n) is 10.1. The number of halogens is 3. The summed E-state index contributed by atoms with van der Waals surface area (Å²) in [6.07, 6.45) is 0.433. The first-order valence-corrected chi connectivity index (χ1v) is 7.95. The van der Waals surface area contributed by atoms with Gasteiger partial charge in [0.2, 0.25) is 0 Å². The Kier molecular flexibility index (Phi) is 5.00. The van der Waals surface area contributed by atoms with E-state index in [9.17, 15) is 4.39 Å². The third-order valence-electron chi connectivity index (χ3n) is 2.73. The van der Waals surface area contributed by atoms with Crippen LogP contribution in [0.15, 0.2) is 32.5 Å². The predicted molar refractivity (Wildman–Crippen MR) is 83.3 cm³/mol. The van der Waals surface area contributed by atoms with Gasteiger partial charge in [0.05, 0.1) is 10.9 Å². The third-order valence-corrected chi connectivity index (χ3v) is 6.12. The monoisotopic (exact) mass is 407 g/mol. The second kappa shape index (κ2) is 6.35. The van der Waals surface area contributed by atoms with Crippen molar-refractivity contribution in [2.24, 2.45) is 5.73 Å². The molecule has 6 heteroatoms. The smallest absolute Gasteiger partial charge is 0.168 e. The molecule has 0 amide bonds. The molecule has 0 aliphatic heterocycles. The molecular formula is C13H12Br2FNOS. The molecule has 0 aliphatic rings. The molecule has 0 fully saturated rings. The Labute approximate surface area is 132 Å². The lowest BCUT2D eigenvalue weighted by Crippen LogP contribution is -2.13. The van der Waals surface area contributed by atoms with Crippen LogP contribution in [0.25, 0.3) is 0 Å². The first-order chi connectivity index (χ1) is 9.02. The van der Waals surface area contributed by atoms with Crippen LogP contribution in [0, 0.1) is 5.82 Å². The number of methoxy groups -OCH3 is 1. The van der Waals surface area contributed by atoms with E-state index in [-0.39, 0.29) is 17.6 Å². The van der Waals surface area contributed by atoms with Crippen molar-refractivity contribution in [2.45, 2.75) is 12.5 Å². The Morgan fingerprint density at radius 1 is 1.42 bits per heavy atom. The van der Waals surface area contributed by atoms with E-state index in [0.717, 1.165) is 13.1 Å². The molecule has 0 bridgehead atoms. The number of benzene rings is 1. The van der Waals surface area contributed by atoms with E-state index in [4.69, 9.17) is 10.5 Å². The zero-order valence-corrected chi connectivity index (χ0v) is 14.1. The zero-order chi connectivity index (χ0) is 14.0. The fourth-order valence-corrected chi connectivity index (χ4v) is 3.85. The summed E-state index contributed by atoms with van der Waals surface area (Å²) in [7, 11) is 1.45. The van der Waals surface area contributed by atoms with Gasteiger partial charge >= 0.3 is 0 Å². The summed E-state index contributed by atoms with van der Waals surface area (Å²) in [6.45, 7) is 0. The van der Waals surface area contributed by atoms with E-state index in [1.54, 1.807) is 29.5 Å². The Hall–Kier alpha value is -0.430. The van der Waals surface area contributed by atoms with Gasteiger partial charge in [0, 0.05) is 15.4 Å². The van der Waals surface area contributed by atoms with E-state index < -0.39 is 0 Å². The van der Waals surface area contributed by atoms with Gasteiger partial charge in [-0.3, -0.25) is 0 Å². The highest BCUT2D eigenvalue weighted by Crippen LogP contribution is 2.36. The Bertz CT molecular complexity index is 569. The summed E-state index contributed by atoms with van der Waals surface area (Å²) in [5.74, 6) is -0.0895. The van der Waals surface area contributed by atoms with Crippen molar-refractivity contribution in [2.75, 3.05) is 7.11 Å². The Balaban J connectivity index is 2.21. The van der Waals surface area contributed by atoms with Crippen molar-refractivity contribution in [1.82, 2.24) is 0 Å². The number of hydrogen-bond donors (Lipinski definition) is 1. The molecule has 2 rings (SSSR count). The molecule has 19 heavy (non-hydrogen) atoms. The fourth-order valence-electron chi connectivity index (χ4n) is 1.76. The van der Waals surface area contributed by atoms with Crippen molar-refractivity contribution >= 4 is 43.2 Å². The van der Waals surface area contributed by atoms with Crippen LogP contribution in [0.2, 0.25) is 0 Å². The largest absolute Gasteiger partial charge is 0.494 e. The average Bonchev–Trinajstić information content (AvgIpc) is 2.72. The second-order valence-corrected chi connectivity index (χ2v) is 7.27. The van der Waals surface area contributed by atoms with Crippen LogP contribution in [0.1, 0.15) is 16.5 Å². The molecule has 2 aromatic rings. The average molecular weight is 409 g/mol. The summed E-state index contributed by atoms with van der Waals surface area (Å²) < 4.78 is 21.0. The highest BCUT2D eigenvalue weighted by molar-refractivity contribution is 9.13. The molecule has 1 atom stereocenters. The molecule has 0 spiro atoms. The quantitative estimate of drug-likeness (QED) is 0.798. The van der Waals surface area contributed by atoms with Crippen molar-refractivity contribution in [3.63, 3.8) is 0 Å². The molecule has 1 heterocycles. The van der Waals surface area contributed by atoms with Gasteiger partial charge in [-0.1, -0.05) is 12.1 Å². The van der Waals surface area contributed by atoms with Crippen molar-refractivity contribution in [3.8, 4) is 5.75 Å². The number of nitrogens with two attached hydrogens (primary N) is 1. The lowest BCUT2D eigenvalue weighted by atomic mass is 10.0. The Morgan fingerprint density at radius 2 is 2.16 bits per heavy atom. The molecule has 2 N–H and O–H groups in total. The predicted octanol–water partition coefficient (Wildman–Crippen LogP) is 4.66. The number of rotatable bonds is 4. The van der Waals surface area contributed by atoms with Gasteiger partial charge in [0.25, 0.3) is 0 Å². The van der Waals surface area contributed by atoms with Gasteiger partial charge in [-0.25, -0.2) is 4.39 Å². The van der Waals surface area contributed by atoms with Crippen LogP contribution < -0.4 is 10.5 Å². The molecule has 2 nitrogen and oxygen atoms in total. The maximum absolute atomic E-state index is 14.0. The summed E-state index contributed by atoms with van der Waals surface area (Å²) in [5, 5.41) is 0. The van der Waals surface area contributed by atoms with Crippen LogP contribution in [-0.2, 0) is 6.42 Å². The molecule has 0 aliphatic carbocycles. The maximum Gasteiger partial charge on any atom is 0.168 e. The lowest BCUT2D eigenvalue weighted by Gasteiger charge is -2.12. The summed E-state index contributed by atoms with van der Waals surface area (Å²) in [4.78, 5) is 1.00. The highest BCUT2D eigenvalue weighted by Gasteiger charge is 2.16. The minimum absolute atomic E-state index is 0.241. The molecule has 1 aromatic heterocycles. The molecule has 0 saturated heterocycles. The molecule has 1 aromatic carbocycles. The standard InChI is InChI=1S/C13H12Br2FNOS/c1-18-10-4-2-3-7(12(10)16)5-9(17)11-6-8(14)13(15)19-11/h2-4,6,9H,5,17H2,1H3. The first kappa shape index (κ1) is 15.0. The van der Waals surface area contributed by atoms with Gasteiger partial charge in [-0.05, 0) is 56.0 Å². The topological polar surface area (TPSA) is 35.2 Å². The van der Waals surface area contributed by atoms with E-state index in [1.165, 1.54) is 7.11 Å². The lowest BCUT2D eigenvalue weighted by molar-refractivity contribution is 0.383. The van der Waals surface area contributed by atoms with Gasteiger partial charge in [-0.15, -0.1) is 11.3 Å². The van der Waals surface area contributed by atoms with E-state index in [0.29, 0.717) is 12.0 Å². The van der Waals surface area contributed by atoms with E-state index >= 15 is 0 Å². The van der Waals surface area contributed by atoms with Crippen LogP contribution >= 0.6 is 43.2 Å². The highest BCUT2D eigenvalue weighted by atomic mass is 79.9. The summed E-state index contributed by atoms with van der Waals surface area (Å²) in [6, 6.07) is 6.81. The third kappa shape index (κ3) is 3.37. The molecular weight excluding hydrogens is 397 g/mol. The van der Waals surface area contributed by atoms with E-state index in [1.807, 2.05) is 6.07 Å².